The van der Waals surface area contributed by atoms with E-state index in [1.54, 1.807) is 11.9 Å². The predicted molar refractivity (Wildman–Crippen MR) is 67.5 cm³/mol. The van der Waals surface area contributed by atoms with Crippen LogP contribution in [0.1, 0.15) is 5.69 Å². The zero-order chi connectivity index (χ0) is 13.8. The number of aromatic nitrogens is 2. The lowest BCUT2D eigenvalue weighted by Crippen LogP contribution is -2.27. The van der Waals surface area contributed by atoms with Gasteiger partial charge in [-0.25, -0.2) is 18.4 Å². The van der Waals surface area contributed by atoms with Gasteiger partial charge in [0.2, 0.25) is 5.95 Å². The monoisotopic (exact) mass is 273 g/mol. The van der Waals surface area contributed by atoms with Crippen LogP contribution in [0.15, 0.2) is 17.4 Å². The minimum Gasteiger partial charge on any atom is -0.409 e. The first kappa shape index (κ1) is 14.2. The number of sulfone groups is 1. The summed E-state index contributed by atoms with van der Waals surface area (Å²) < 4.78 is 22.1. The van der Waals surface area contributed by atoms with Gasteiger partial charge in [-0.2, -0.15) is 0 Å². The number of nitrogens with two attached hydrogens (primary N) is 1. The number of anilines is 1. The van der Waals surface area contributed by atoms with E-state index >= 15 is 0 Å². The molecule has 0 atom stereocenters. The van der Waals surface area contributed by atoms with Crippen LogP contribution in [0, 0.1) is 0 Å². The first-order valence-electron chi connectivity index (χ1n) is 5.03. The molecule has 18 heavy (non-hydrogen) atoms. The van der Waals surface area contributed by atoms with Crippen molar-refractivity contribution in [1.82, 2.24) is 9.97 Å². The highest BCUT2D eigenvalue weighted by molar-refractivity contribution is 7.90. The zero-order valence-electron chi connectivity index (χ0n) is 10.1. The van der Waals surface area contributed by atoms with Gasteiger partial charge in [0.15, 0.2) is 5.84 Å². The second-order valence-electron chi connectivity index (χ2n) is 3.78. The van der Waals surface area contributed by atoms with Crippen LogP contribution >= 0.6 is 0 Å². The summed E-state index contributed by atoms with van der Waals surface area (Å²) in [6.45, 7) is 0.262. The van der Waals surface area contributed by atoms with Gasteiger partial charge in [0.05, 0.1) is 5.75 Å². The van der Waals surface area contributed by atoms with E-state index in [4.69, 9.17) is 10.9 Å². The predicted octanol–water partition coefficient (Wildman–Crippen LogP) is -0.948. The summed E-state index contributed by atoms with van der Waals surface area (Å²) in [5, 5.41) is 11.4. The van der Waals surface area contributed by atoms with E-state index in [1.165, 1.54) is 12.3 Å². The third-order valence-corrected chi connectivity index (χ3v) is 3.08. The summed E-state index contributed by atoms with van der Waals surface area (Å²) in [5.74, 6) is 0.179. The standard InChI is InChI=1S/C9H15N5O3S/c1-14(5-6-18(2,16)17)9-11-4-3-7(12-9)8(10)13-15/h3-4,15H,5-6H2,1-2H3,(H2,10,13). The Bertz CT molecular complexity index is 543. The van der Waals surface area contributed by atoms with Crippen LogP contribution < -0.4 is 10.6 Å². The molecule has 1 aromatic heterocycles. The fraction of sp³-hybridized carbons (Fsp3) is 0.444. The van der Waals surface area contributed by atoms with Crippen LogP contribution in [0.25, 0.3) is 0 Å². The molecule has 0 saturated carbocycles. The molecule has 1 heterocycles. The molecule has 0 aliphatic carbocycles. The van der Waals surface area contributed by atoms with Crippen molar-refractivity contribution in [3.63, 3.8) is 0 Å². The number of rotatable bonds is 5. The second-order valence-corrected chi connectivity index (χ2v) is 6.04. The van der Waals surface area contributed by atoms with Crippen molar-refractivity contribution in [3.05, 3.63) is 18.0 Å². The molecular weight excluding hydrogens is 258 g/mol. The molecule has 1 rings (SSSR count). The lowest BCUT2D eigenvalue weighted by Gasteiger charge is -2.16. The Morgan fingerprint density at radius 3 is 2.83 bits per heavy atom. The van der Waals surface area contributed by atoms with E-state index in [2.05, 4.69) is 15.1 Å². The van der Waals surface area contributed by atoms with Crippen molar-refractivity contribution >= 4 is 21.6 Å². The van der Waals surface area contributed by atoms with Gasteiger partial charge in [0.25, 0.3) is 0 Å². The van der Waals surface area contributed by atoms with Crippen molar-refractivity contribution < 1.29 is 13.6 Å². The quantitative estimate of drug-likeness (QED) is 0.307. The third kappa shape index (κ3) is 4.17. The second kappa shape index (κ2) is 5.63. The molecular formula is C9H15N5O3S. The highest BCUT2D eigenvalue weighted by atomic mass is 32.2. The minimum absolute atomic E-state index is 0.000654. The first-order chi connectivity index (χ1) is 8.33. The average molecular weight is 273 g/mol. The Labute approximate surface area is 105 Å². The molecule has 0 aliphatic heterocycles. The number of oxime groups is 1. The van der Waals surface area contributed by atoms with Gasteiger partial charge in [-0.15, -0.1) is 0 Å². The summed E-state index contributed by atoms with van der Waals surface area (Å²) >= 11 is 0. The number of amidine groups is 1. The molecule has 0 fully saturated rings. The molecule has 0 unspecified atom stereocenters. The van der Waals surface area contributed by atoms with Crippen LogP contribution in [0.4, 0.5) is 5.95 Å². The Morgan fingerprint density at radius 2 is 2.28 bits per heavy atom. The van der Waals surface area contributed by atoms with Crippen LogP contribution in [0.5, 0.6) is 0 Å². The Balaban J connectivity index is 2.83. The summed E-state index contributed by atoms with van der Waals surface area (Å²) in [7, 11) is -1.38. The fourth-order valence-corrected chi connectivity index (χ4v) is 1.73. The molecule has 0 aromatic carbocycles. The highest BCUT2D eigenvalue weighted by Gasteiger charge is 2.10. The maximum atomic E-state index is 11.0. The molecule has 1 aromatic rings. The smallest absolute Gasteiger partial charge is 0.225 e. The van der Waals surface area contributed by atoms with Gasteiger partial charge in [0, 0.05) is 26.0 Å². The highest BCUT2D eigenvalue weighted by Crippen LogP contribution is 2.05. The van der Waals surface area contributed by atoms with E-state index in [0.717, 1.165) is 6.26 Å². The van der Waals surface area contributed by atoms with E-state index in [-0.39, 0.29) is 23.8 Å². The molecule has 0 spiro atoms. The molecule has 8 nitrogen and oxygen atoms in total. The third-order valence-electron chi connectivity index (χ3n) is 2.15. The lowest BCUT2D eigenvalue weighted by atomic mass is 10.4. The SMILES string of the molecule is CN(CCS(C)(=O)=O)c1nccc(/C(N)=N/O)n1. The Morgan fingerprint density at radius 1 is 1.61 bits per heavy atom. The van der Waals surface area contributed by atoms with Gasteiger partial charge in [-0.1, -0.05) is 5.16 Å². The lowest BCUT2D eigenvalue weighted by molar-refractivity contribution is 0.318. The summed E-state index contributed by atoms with van der Waals surface area (Å²) in [4.78, 5) is 9.61. The summed E-state index contributed by atoms with van der Waals surface area (Å²) in [6.07, 6.45) is 2.61. The number of hydrogen-bond donors (Lipinski definition) is 2. The molecule has 0 amide bonds. The largest absolute Gasteiger partial charge is 0.409 e. The topological polar surface area (TPSA) is 122 Å². The summed E-state index contributed by atoms with van der Waals surface area (Å²) in [5.41, 5.74) is 5.67. The van der Waals surface area contributed by atoms with Crippen molar-refractivity contribution in [2.45, 2.75) is 0 Å². The maximum Gasteiger partial charge on any atom is 0.225 e. The van der Waals surface area contributed by atoms with Gasteiger partial charge >= 0.3 is 0 Å². The van der Waals surface area contributed by atoms with E-state index in [0.29, 0.717) is 5.95 Å². The average Bonchev–Trinajstić information content (AvgIpc) is 2.34. The van der Waals surface area contributed by atoms with Gasteiger partial charge in [-0.3, -0.25) is 0 Å². The fourth-order valence-electron chi connectivity index (χ4n) is 1.13. The zero-order valence-corrected chi connectivity index (χ0v) is 10.9. The molecule has 100 valence electrons. The number of nitrogens with zero attached hydrogens (tertiary/aromatic N) is 4. The van der Waals surface area contributed by atoms with Gasteiger partial charge in [-0.05, 0) is 6.07 Å². The van der Waals surface area contributed by atoms with Gasteiger partial charge in [0.1, 0.15) is 15.5 Å². The molecule has 0 radical (unpaired) electrons. The van der Waals surface area contributed by atoms with Crippen LogP contribution in [-0.4, -0.2) is 55.0 Å². The van der Waals surface area contributed by atoms with Crippen molar-refractivity contribution in [2.24, 2.45) is 10.9 Å². The van der Waals surface area contributed by atoms with Crippen molar-refractivity contribution in [1.29, 1.82) is 0 Å². The molecule has 9 heteroatoms. The van der Waals surface area contributed by atoms with Crippen LogP contribution in [-0.2, 0) is 9.84 Å². The van der Waals surface area contributed by atoms with Crippen LogP contribution in [0.2, 0.25) is 0 Å². The summed E-state index contributed by atoms with van der Waals surface area (Å²) in [6, 6.07) is 1.49. The Kier molecular flexibility index (Phi) is 4.43. The van der Waals surface area contributed by atoms with E-state index < -0.39 is 9.84 Å². The molecule has 0 bridgehead atoms. The normalized spacial score (nSPS) is 12.4. The van der Waals surface area contributed by atoms with Crippen LogP contribution in [0.3, 0.4) is 0 Å². The number of hydrogen-bond acceptors (Lipinski definition) is 7. The van der Waals surface area contributed by atoms with Crippen molar-refractivity contribution in [2.75, 3.05) is 30.5 Å². The van der Waals surface area contributed by atoms with E-state index in [9.17, 15) is 8.42 Å². The molecule has 0 saturated heterocycles. The minimum atomic E-state index is -3.04. The maximum absolute atomic E-state index is 11.0. The van der Waals surface area contributed by atoms with E-state index in [1.807, 2.05) is 0 Å². The Hall–Kier alpha value is -1.90. The van der Waals surface area contributed by atoms with Crippen molar-refractivity contribution in [3.8, 4) is 0 Å². The first-order valence-corrected chi connectivity index (χ1v) is 7.09. The molecule has 3 N–H and O–H groups in total. The van der Waals surface area contributed by atoms with Gasteiger partial charge < -0.3 is 15.8 Å². The molecule has 0 aliphatic rings.